The minimum Gasteiger partial charge on any atom is -0.282 e. The molecule has 2 rings (SSSR count). The number of alkyl halides is 5. The molecule has 0 heterocycles. The first-order valence-corrected chi connectivity index (χ1v) is 10.4. The van der Waals surface area contributed by atoms with E-state index < -0.39 is 31.4 Å². The summed E-state index contributed by atoms with van der Waals surface area (Å²) >= 11 is 4.66. The monoisotopic (exact) mass is 465 g/mol. The molecule has 0 amide bonds. The fraction of sp³-hybridized carbons (Fsp3) is 0.333. The first kappa shape index (κ1) is 26.2. The van der Waals surface area contributed by atoms with Crippen LogP contribution in [0.25, 0.3) is 0 Å². The van der Waals surface area contributed by atoms with Crippen molar-refractivity contribution in [2.75, 3.05) is 5.75 Å². The van der Waals surface area contributed by atoms with Crippen LogP contribution in [0.15, 0.2) is 60.7 Å². The fourth-order valence-corrected chi connectivity index (χ4v) is 3.18. The molecular formula is C21H22F5O2S2+. The Morgan fingerprint density at radius 2 is 1.47 bits per heavy atom. The number of thiol groups is 1. The number of benzene rings is 2. The van der Waals surface area contributed by atoms with Crippen LogP contribution in [0.3, 0.4) is 0 Å². The normalized spacial score (nSPS) is 12.1. The van der Waals surface area contributed by atoms with E-state index >= 15 is 0 Å². The molecule has 0 aliphatic rings. The number of carbonyl (C=O) groups excluding carboxylic acids is 2. The molecular weight excluding hydrogens is 443 g/mol. The highest BCUT2D eigenvalue weighted by Gasteiger charge is 2.42. The van der Waals surface area contributed by atoms with E-state index in [1.165, 1.54) is 0 Å². The van der Waals surface area contributed by atoms with Gasteiger partial charge in [-0.25, -0.2) is 22.0 Å². The van der Waals surface area contributed by atoms with Crippen molar-refractivity contribution in [1.82, 2.24) is 0 Å². The number of rotatable bonds is 9. The maximum atomic E-state index is 13.2. The molecule has 0 radical (unpaired) electrons. The van der Waals surface area contributed by atoms with Gasteiger partial charge in [0.15, 0.2) is 6.17 Å². The van der Waals surface area contributed by atoms with Crippen LogP contribution >= 0.6 is 24.4 Å². The molecule has 1 atom stereocenters. The van der Waals surface area contributed by atoms with Crippen molar-refractivity contribution in [2.45, 2.75) is 37.8 Å². The summed E-state index contributed by atoms with van der Waals surface area (Å²) in [6.45, 7) is 0. The molecule has 1 unspecified atom stereocenters. The average molecular weight is 466 g/mol. The molecule has 0 saturated heterocycles. The first-order valence-electron chi connectivity index (χ1n) is 8.96. The number of carbonyl (C=O) groups is 1. The molecule has 0 fully saturated rings. The number of thioether (sulfide) groups is 1. The number of hydrogen-bond acceptors (Lipinski definition) is 2. The van der Waals surface area contributed by atoms with Crippen molar-refractivity contribution in [1.29, 1.82) is 0 Å². The second-order valence-electron chi connectivity index (χ2n) is 6.16. The van der Waals surface area contributed by atoms with Gasteiger partial charge in [-0.1, -0.05) is 48.5 Å². The summed E-state index contributed by atoms with van der Waals surface area (Å²) in [7, 11) is 0. The molecule has 1 N–H and O–H groups in total. The van der Waals surface area contributed by atoms with E-state index in [4.69, 9.17) is 0 Å². The van der Waals surface area contributed by atoms with Gasteiger partial charge in [-0.05, 0) is 36.7 Å². The van der Waals surface area contributed by atoms with Gasteiger partial charge in [-0.15, -0.1) is 12.6 Å². The van der Waals surface area contributed by atoms with Crippen molar-refractivity contribution in [3.05, 3.63) is 71.8 Å². The summed E-state index contributed by atoms with van der Waals surface area (Å²) in [5, 5.41) is -0.166. The number of hydrogen-bond donors (Lipinski definition) is 1. The van der Waals surface area contributed by atoms with Crippen LogP contribution in [-0.2, 0) is 0 Å². The van der Waals surface area contributed by atoms with Crippen LogP contribution < -0.4 is 0 Å². The van der Waals surface area contributed by atoms with Gasteiger partial charge in [0.1, 0.15) is 0 Å². The molecule has 0 aromatic heterocycles. The maximum absolute atomic E-state index is 13.2. The summed E-state index contributed by atoms with van der Waals surface area (Å²) in [4.78, 5) is 20.2. The molecule has 0 bridgehead atoms. The van der Waals surface area contributed by atoms with Crippen LogP contribution in [0.2, 0.25) is 0 Å². The van der Waals surface area contributed by atoms with Crippen molar-refractivity contribution in [3.8, 4) is 0 Å². The van der Waals surface area contributed by atoms with Gasteiger partial charge in [-0.2, -0.15) is 0 Å². The average Bonchev–Trinajstić information content (AvgIpc) is 2.71. The van der Waals surface area contributed by atoms with E-state index in [0.717, 1.165) is 11.8 Å². The molecule has 0 saturated carbocycles. The van der Waals surface area contributed by atoms with E-state index in [0.29, 0.717) is 11.1 Å². The van der Waals surface area contributed by atoms with E-state index in [1.807, 2.05) is 18.2 Å². The third-order valence-electron chi connectivity index (χ3n) is 3.77. The quantitative estimate of drug-likeness (QED) is 0.200. The summed E-state index contributed by atoms with van der Waals surface area (Å²) in [5.41, 5.74) is 1.23. The smallest absolute Gasteiger partial charge is 0.282 e. The topological polar surface area (TPSA) is 38.5 Å². The lowest BCUT2D eigenvalue weighted by Gasteiger charge is -2.19. The summed E-state index contributed by atoms with van der Waals surface area (Å²) in [6, 6.07) is 17.5. The van der Waals surface area contributed by atoms with Crippen LogP contribution in [-0.4, -0.2) is 39.3 Å². The first-order chi connectivity index (χ1) is 14.1. The Labute approximate surface area is 181 Å². The molecule has 30 heavy (non-hydrogen) atoms. The minimum absolute atomic E-state index is 0.0188. The molecule has 0 aliphatic heterocycles. The highest BCUT2D eigenvalue weighted by molar-refractivity contribution is 8.14. The standard InChI is InChI=1S/C14H15F5OS.C7H6OS/c15-11(14(18,19)9-12(16)17)7-4-8-21-13(20)10-5-2-1-3-6-10;8-7(9)6-4-2-1-3-5-6/h1-3,5-6,11-12H,4,7-9H2;1-5H,(H,8,9)/p+1. The van der Waals surface area contributed by atoms with Gasteiger partial charge in [0.05, 0.1) is 12.0 Å². The van der Waals surface area contributed by atoms with E-state index in [2.05, 4.69) is 12.6 Å². The van der Waals surface area contributed by atoms with Gasteiger partial charge >= 0.3 is 5.12 Å². The Bertz CT molecular complexity index is 773. The molecule has 2 aromatic carbocycles. The van der Waals surface area contributed by atoms with Gasteiger partial charge < -0.3 is 0 Å². The highest BCUT2D eigenvalue weighted by Crippen LogP contribution is 2.31. The SMILES string of the molecule is O=C(S)c1ccccc1.[OH+]=C(SCCCC(F)C(F)(F)CC(F)F)c1ccccc1. The van der Waals surface area contributed by atoms with Crippen LogP contribution in [0, 0.1) is 0 Å². The third-order valence-corrected chi connectivity index (χ3v) is 5.03. The van der Waals surface area contributed by atoms with Crippen LogP contribution in [0.5, 0.6) is 0 Å². The summed E-state index contributed by atoms with van der Waals surface area (Å²) in [6.07, 6.45) is -8.05. The van der Waals surface area contributed by atoms with Gasteiger partial charge in [0.2, 0.25) is 11.5 Å². The van der Waals surface area contributed by atoms with Crippen molar-refractivity contribution < 1.29 is 31.5 Å². The summed E-state index contributed by atoms with van der Waals surface area (Å²) in [5.74, 6) is -3.78. The van der Waals surface area contributed by atoms with Gasteiger partial charge in [0, 0.05) is 11.3 Å². The fourth-order valence-electron chi connectivity index (χ4n) is 2.22. The van der Waals surface area contributed by atoms with Crippen molar-refractivity contribution >= 4 is 34.6 Å². The lowest BCUT2D eigenvalue weighted by atomic mass is 10.1. The Morgan fingerprint density at radius 1 is 0.967 bits per heavy atom. The largest absolute Gasteiger partial charge is 0.382 e. The van der Waals surface area contributed by atoms with Gasteiger partial charge in [0.25, 0.3) is 5.92 Å². The van der Waals surface area contributed by atoms with Crippen LogP contribution in [0.1, 0.15) is 35.2 Å². The van der Waals surface area contributed by atoms with Crippen molar-refractivity contribution in [2.24, 2.45) is 0 Å². The molecule has 2 nitrogen and oxygen atoms in total. The zero-order chi connectivity index (χ0) is 22.6. The Balaban J connectivity index is 0.000000414. The molecule has 2 aromatic rings. The molecule has 164 valence electrons. The van der Waals surface area contributed by atoms with Gasteiger partial charge in [-0.3, -0.25) is 9.59 Å². The van der Waals surface area contributed by atoms with Crippen molar-refractivity contribution in [3.63, 3.8) is 0 Å². The van der Waals surface area contributed by atoms with Crippen LogP contribution in [0.4, 0.5) is 22.0 Å². The zero-order valence-corrected chi connectivity index (χ0v) is 17.6. The van der Waals surface area contributed by atoms with E-state index in [1.54, 1.807) is 42.5 Å². The summed E-state index contributed by atoms with van der Waals surface area (Å²) < 4.78 is 63.0. The third kappa shape index (κ3) is 10.2. The predicted octanol–water partition coefficient (Wildman–Crippen LogP) is 6.44. The highest BCUT2D eigenvalue weighted by atomic mass is 32.2. The molecule has 0 aliphatic carbocycles. The minimum atomic E-state index is -4.01. The Hall–Kier alpha value is -1.87. The van der Waals surface area contributed by atoms with E-state index in [-0.39, 0.29) is 22.4 Å². The number of halogens is 5. The molecule has 0 spiro atoms. The second-order valence-corrected chi connectivity index (χ2v) is 7.65. The maximum Gasteiger partial charge on any atom is 0.382 e. The lowest BCUT2D eigenvalue weighted by molar-refractivity contribution is -0.110. The molecule has 9 heteroatoms. The zero-order valence-electron chi connectivity index (χ0n) is 15.9. The Morgan fingerprint density at radius 3 is 1.90 bits per heavy atom. The second kappa shape index (κ2) is 13.4. The van der Waals surface area contributed by atoms with E-state index in [9.17, 15) is 31.5 Å². The predicted molar refractivity (Wildman–Crippen MR) is 114 cm³/mol. The lowest BCUT2D eigenvalue weighted by Crippen LogP contribution is -2.32. The Kier molecular flexibility index (Phi) is 11.7.